The number of ether oxygens (including phenoxy) is 2. The summed E-state index contributed by atoms with van der Waals surface area (Å²) < 4.78 is 10.8. The molecule has 0 saturated heterocycles. The molecule has 6 nitrogen and oxygen atoms in total. The van der Waals surface area contributed by atoms with Crippen molar-refractivity contribution in [1.82, 2.24) is 4.90 Å². The van der Waals surface area contributed by atoms with Gasteiger partial charge in [0.2, 0.25) is 0 Å². The molecule has 0 radical (unpaired) electrons. The third-order valence-corrected chi connectivity index (χ3v) is 3.55. The van der Waals surface area contributed by atoms with Crippen molar-refractivity contribution in [1.29, 1.82) is 0 Å². The Bertz CT molecular complexity index is 434. The molecule has 112 valence electrons. The predicted octanol–water partition coefficient (Wildman–Crippen LogP) is -0.224. The summed E-state index contributed by atoms with van der Waals surface area (Å²) in [5.41, 5.74) is 0.668. The van der Waals surface area contributed by atoms with Crippen molar-refractivity contribution >= 4 is 0 Å². The summed E-state index contributed by atoms with van der Waals surface area (Å²) in [7, 11) is 1.57. The van der Waals surface area contributed by atoms with E-state index in [1.165, 1.54) is 0 Å². The number of nitrogens with zero attached hydrogens (tertiary/aromatic N) is 1. The Labute approximate surface area is 118 Å². The Morgan fingerprint density at radius 3 is 2.60 bits per heavy atom. The van der Waals surface area contributed by atoms with E-state index in [9.17, 15) is 5.11 Å². The van der Waals surface area contributed by atoms with Gasteiger partial charge in [0.05, 0.1) is 26.4 Å². The van der Waals surface area contributed by atoms with Crippen LogP contribution in [0.4, 0.5) is 0 Å². The van der Waals surface area contributed by atoms with E-state index in [2.05, 4.69) is 0 Å². The van der Waals surface area contributed by atoms with E-state index in [-0.39, 0.29) is 19.3 Å². The van der Waals surface area contributed by atoms with Crippen LogP contribution in [0.3, 0.4) is 0 Å². The first-order valence-corrected chi connectivity index (χ1v) is 6.65. The van der Waals surface area contributed by atoms with Gasteiger partial charge in [0.15, 0.2) is 0 Å². The van der Waals surface area contributed by atoms with Crippen molar-refractivity contribution in [3.05, 3.63) is 23.8 Å². The lowest BCUT2D eigenvalue weighted by Crippen LogP contribution is -2.48. The van der Waals surface area contributed by atoms with Gasteiger partial charge in [0.25, 0.3) is 0 Å². The molecular formula is C14H21NO5. The van der Waals surface area contributed by atoms with Gasteiger partial charge in [-0.25, -0.2) is 0 Å². The first-order valence-electron chi connectivity index (χ1n) is 6.65. The summed E-state index contributed by atoms with van der Waals surface area (Å²) in [5.74, 6) is 1.30. The maximum Gasteiger partial charge on any atom is 0.125 e. The highest BCUT2D eigenvalue weighted by Gasteiger charge is 2.33. The molecule has 1 aromatic carbocycles. The van der Waals surface area contributed by atoms with Gasteiger partial charge in [0, 0.05) is 18.7 Å². The highest BCUT2D eigenvalue weighted by Crippen LogP contribution is 2.36. The molecule has 0 aromatic heterocycles. The van der Waals surface area contributed by atoms with Crippen molar-refractivity contribution in [2.75, 3.05) is 40.0 Å². The van der Waals surface area contributed by atoms with Crippen LogP contribution in [0, 0.1) is 0 Å². The van der Waals surface area contributed by atoms with E-state index >= 15 is 0 Å². The van der Waals surface area contributed by atoms with Gasteiger partial charge >= 0.3 is 0 Å². The minimum absolute atomic E-state index is 0.0335. The molecule has 1 aliphatic rings. The molecule has 0 spiro atoms. The highest BCUT2D eigenvalue weighted by atomic mass is 16.5. The van der Waals surface area contributed by atoms with Crippen LogP contribution in [0.1, 0.15) is 11.7 Å². The van der Waals surface area contributed by atoms with Gasteiger partial charge < -0.3 is 24.8 Å². The maximum atomic E-state index is 10.5. The van der Waals surface area contributed by atoms with Crippen molar-refractivity contribution in [2.24, 2.45) is 0 Å². The number of fused-ring (bicyclic) bond motifs is 1. The minimum atomic E-state index is -0.744. The first kappa shape index (κ1) is 15.1. The first-order chi connectivity index (χ1) is 9.71. The number of rotatable bonds is 6. The Morgan fingerprint density at radius 2 is 2.00 bits per heavy atom. The molecule has 20 heavy (non-hydrogen) atoms. The third kappa shape index (κ3) is 3.04. The summed E-state index contributed by atoms with van der Waals surface area (Å²) in [4.78, 5) is 1.83. The zero-order chi connectivity index (χ0) is 14.5. The number of hydrogen-bond acceptors (Lipinski definition) is 6. The van der Waals surface area contributed by atoms with Gasteiger partial charge in [-0.05, 0) is 18.2 Å². The second-order valence-corrected chi connectivity index (χ2v) is 4.71. The van der Waals surface area contributed by atoms with Crippen LogP contribution in [0.2, 0.25) is 0 Å². The Hall–Kier alpha value is -1.34. The molecule has 0 bridgehead atoms. The minimum Gasteiger partial charge on any atom is -0.497 e. The topological polar surface area (TPSA) is 82.4 Å². The third-order valence-electron chi connectivity index (χ3n) is 3.55. The number of aliphatic hydroxyl groups is 3. The molecule has 3 N–H and O–H groups in total. The average molecular weight is 283 g/mol. The standard InChI is InChI=1S/C14H21NO5/c1-19-10-2-3-13-11(8-10)14(18)12(9-20-13)15(4-6-16)5-7-17/h2-3,8,12,14,16-18H,4-7,9H2,1H3. The Kier molecular flexibility index (Phi) is 5.19. The fraction of sp³-hybridized carbons (Fsp3) is 0.571. The van der Waals surface area contributed by atoms with Crippen LogP contribution >= 0.6 is 0 Å². The highest BCUT2D eigenvalue weighted by molar-refractivity contribution is 5.43. The molecule has 6 heteroatoms. The SMILES string of the molecule is COc1ccc2c(c1)C(O)C(N(CCO)CCO)CO2. The molecule has 0 saturated carbocycles. The van der Waals surface area contributed by atoms with Crippen molar-refractivity contribution in [2.45, 2.75) is 12.1 Å². The Morgan fingerprint density at radius 1 is 1.30 bits per heavy atom. The monoisotopic (exact) mass is 283 g/mol. The molecule has 0 amide bonds. The van der Waals surface area contributed by atoms with E-state index in [0.717, 1.165) is 0 Å². The summed E-state index contributed by atoms with van der Waals surface area (Å²) in [5, 5.41) is 28.7. The number of benzene rings is 1. The Balaban J connectivity index is 2.22. The van der Waals surface area contributed by atoms with Gasteiger partial charge in [-0.1, -0.05) is 0 Å². The fourth-order valence-corrected chi connectivity index (χ4v) is 2.50. The fourth-order valence-electron chi connectivity index (χ4n) is 2.50. The molecule has 1 aromatic rings. The summed E-state index contributed by atoms with van der Waals surface area (Å²) >= 11 is 0. The molecule has 2 rings (SSSR count). The summed E-state index contributed by atoms with van der Waals surface area (Å²) in [6, 6.07) is 5.01. The van der Waals surface area contributed by atoms with Crippen LogP contribution in [-0.4, -0.2) is 66.3 Å². The summed E-state index contributed by atoms with van der Waals surface area (Å²) in [6.45, 7) is 1.01. The van der Waals surface area contributed by atoms with Gasteiger partial charge in [-0.3, -0.25) is 4.90 Å². The zero-order valence-corrected chi connectivity index (χ0v) is 11.5. The van der Waals surface area contributed by atoms with E-state index in [0.29, 0.717) is 36.8 Å². The van der Waals surface area contributed by atoms with E-state index in [1.54, 1.807) is 25.3 Å². The van der Waals surface area contributed by atoms with Crippen molar-refractivity contribution in [3.63, 3.8) is 0 Å². The van der Waals surface area contributed by atoms with Crippen LogP contribution < -0.4 is 9.47 Å². The molecule has 1 aliphatic heterocycles. The van der Waals surface area contributed by atoms with Crippen molar-refractivity contribution < 1.29 is 24.8 Å². The number of hydrogen-bond donors (Lipinski definition) is 3. The smallest absolute Gasteiger partial charge is 0.125 e. The quantitative estimate of drug-likeness (QED) is 0.669. The van der Waals surface area contributed by atoms with Crippen LogP contribution in [-0.2, 0) is 0 Å². The van der Waals surface area contributed by atoms with Crippen LogP contribution in [0.25, 0.3) is 0 Å². The van der Waals surface area contributed by atoms with Crippen LogP contribution in [0.5, 0.6) is 11.5 Å². The van der Waals surface area contributed by atoms with Crippen LogP contribution in [0.15, 0.2) is 18.2 Å². The second kappa shape index (κ2) is 6.90. The number of methoxy groups -OCH3 is 1. The van der Waals surface area contributed by atoms with Crippen molar-refractivity contribution in [3.8, 4) is 11.5 Å². The molecule has 2 unspecified atom stereocenters. The van der Waals surface area contributed by atoms with E-state index < -0.39 is 6.10 Å². The normalized spacial score (nSPS) is 21.4. The molecule has 0 fully saturated rings. The van der Waals surface area contributed by atoms with Gasteiger partial charge in [-0.15, -0.1) is 0 Å². The maximum absolute atomic E-state index is 10.5. The largest absolute Gasteiger partial charge is 0.497 e. The molecular weight excluding hydrogens is 262 g/mol. The zero-order valence-electron chi connectivity index (χ0n) is 11.5. The lowest BCUT2D eigenvalue weighted by Gasteiger charge is -2.37. The average Bonchev–Trinajstić information content (AvgIpc) is 2.47. The lowest BCUT2D eigenvalue weighted by molar-refractivity contribution is -0.00875. The van der Waals surface area contributed by atoms with Gasteiger partial charge in [-0.2, -0.15) is 0 Å². The molecule has 2 atom stereocenters. The molecule has 1 heterocycles. The summed E-state index contributed by atoms with van der Waals surface area (Å²) in [6.07, 6.45) is -0.744. The molecule has 0 aliphatic carbocycles. The van der Waals surface area contributed by atoms with E-state index in [4.69, 9.17) is 19.7 Å². The predicted molar refractivity (Wildman–Crippen MR) is 73.0 cm³/mol. The number of aliphatic hydroxyl groups excluding tert-OH is 3. The lowest BCUT2D eigenvalue weighted by atomic mass is 9.97. The van der Waals surface area contributed by atoms with E-state index in [1.807, 2.05) is 4.90 Å². The van der Waals surface area contributed by atoms with Gasteiger partial charge in [0.1, 0.15) is 24.2 Å². The second-order valence-electron chi connectivity index (χ2n) is 4.71.